The highest BCUT2D eigenvalue weighted by atomic mass is 79.9. The van der Waals surface area contributed by atoms with E-state index in [4.69, 9.17) is 9.15 Å². The molecule has 0 atom stereocenters. The van der Waals surface area contributed by atoms with Crippen LogP contribution in [0.25, 0.3) is 11.1 Å². The number of anilines is 1. The lowest BCUT2D eigenvalue weighted by molar-refractivity contribution is 0.101. The van der Waals surface area contributed by atoms with E-state index in [1.54, 1.807) is 17.9 Å². The van der Waals surface area contributed by atoms with Gasteiger partial charge in [0.2, 0.25) is 0 Å². The zero-order valence-electron chi connectivity index (χ0n) is 13.8. The number of hydrogen-bond donors (Lipinski definition) is 1. The molecule has 0 saturated carbocycles. The van der Waals surface area contributed by atoms with Crippen LogP contribution in [-0.4, -0.2) is 34.0 Å². The number of hydrogen-bond acceptors (Lipinski definition) is 4. The summed E-state index contributed by atoms with van der Waals surface area (Å²) in [4.78, 5) is 12.8. The van der Waals surface area contributed by atoms with Crippen molar-refractivity contribution in [2.45, 2.75) is 26.9 Å². The quantitative estimate of drug-likeness (QED) is 0.694. The number of aryl methyl sites for hydroxylation is 2. The van der Waals surface area contributed by atoms with Crippen molar-refractivity contribution in [2.24, 2.45) is 0 Å². The summed E-state index contributed by atoms with van der Waals surface area (Å²) in [5, 5.41) is 7.27. The van der Waals surface area contributed by atoms with Gasteiger partial charge < -0.3 is 19.0 Å². The van der Waals surface area contributed by atoms with Crippen LogP contribution in [0.4, 0.5) is 5.82 Å². The summed E-state index contributed by atoms with van der Waals surface area (Å²) < 4.78 is 15.0. The van der Waals surface area contributed by atoms with Gasteiger partial charge in [-0.25, -0.2) is 4.68 Å². The fourth-order valence-electron chi connectivity index (χ4n) is 2.69. The number of carbonyl (C=O) groups excluding carboxylic acids is 1. The summed E-state index contributed by atoms with van der Waals surface area (Å²) >= 11 is 3.32. The number of furan rings is 1. The highest BCUT2D eigenvalue weighted by Crippen LogP contribution is 2.27. The molecule has 0 saturated heterocycles. The number of carbonyl (C=O) groups is 1. The van der Waals surface area contributed by atoms with Gasteiger partial charge in [-0.1, -0.05) is 0 Å². The maximum Gasteiger partial charge on any atom is 0.273 e. The molecule has 128 valence electrons. The lowest BCUT2D eigenvalue weighted by Gasteiger charge is -2.10. The third kappa shape index (κ3) is 3.11. The molecule has 0 fully saturated rings. The van der Waals surface area contributed by atoms with Crippen LogP contribution in [0.15, 0.2) is 27.3 Å². The summed E-state index contributed by atoms with van der Waals surface area (Å²) in [5.41, 5.74) is 2.89. The monoisotopic (exact) mass is 394 g/mol. The average molecular weight is 395 g/mol. The van der Waals surface area contributed by atoms with Gasteiger partial charge in [-0.2, -0.15) is 5.10 Å². The van der Waals surface area contributed by atoms with E-state index in [-0.39, 0.29) is 5.91 Å². The number of methoxy groups -OCH3 is 1. The molecule has 3 aromatic heterocycles. The fraction of sp³-hybridized carbons (Fsp3) is 0.375. The molecule has 0 aliphatic rings. The zero-order chi connectivity index (χ0) is 17.3. The van der Waals surface area contributed by atoms with Crippen LogP contribution in [0.1, 0.15) is 23.1 Å². The Kier molecular flexibility index (Phi) is 4.77. The zero-order valence-corrected chi connectivity index (χ0v) is 15.4. The first-order valence-corrected chi connectivity index (χ1v) is 8.46. The van der Waals surface area contributed by atoms with Crippen LogP contribution >= 0.6 is 15.9 Å². The van der Waals surface area contributed by atoms with Gasteiger partial charge in [-0.15, -0.1) is 0 Å². The smallest absolute Gasteiger partial charge is 0.273 e. The maximum absolute atomic E-state index is 12.8. The third-order valence-corrected chi connectivity index (χ3v) is 4.15. The van der Waals surface area contributed by atoms with Crippen molar-refractivity contribution < 1.29 is 13.9 Å². The Hall–Kier alpha value is -2.06. The molecule has 0 unspecified atom stereocenters. The van der Waals surface area contributed by atoms with Gasteiger partial charge >= 0.3 is 0 Å². The van der Waals surface area contributed by atoms with E-state index in [1.165, 1.54) is 0 Å². The van der Waals surface area contributed by atoms with Crippen molar-refractivity contribution in [1.29, 1.82) is 0 Å². The minimum atomic E-state index is -0.205. The van der Waals surface area contributed by atoms with Gasteiger partial charge in [0.15, 0.2) is 10.3 Å². The predicted molar refractivity (Wildman–Crippen MR) is 94.4 cm³/mol. The SMILES string of the molecule is CCn1nc(C)cc1NC(=O)c1cc2oc(Br)cc2n1CCOC. The first kappa shape index (κ1) is 16.8. The average Bonchev–Trinajstić information content (AvgIpc) is 3.17. The Morgan fingerprint density at radius 1 is 1.42 bits per heavy atom. The van der Waals surface area contributed by atoms with E-state index < -0.39 is 0 Å². The van der Waals surface area contributed by atoms with Crippen molar-refractivity contribution in [1.82, 2.24) is 14.3 Å². The van der Waals surface area contributed by atoms with E-state index in [9.17, 15) is 4.79 Å². The number of halogens is 1. The Morgan fingerprint density at radius 2 is 2.21 bits per heavy atom. The number of aromatic nitrogens is 3. The molecule has 7 nitrogen and oxygen atoms in total. The largest absolute Gasteiger partial charge is 0.448 e. The highest BCUT2D eigenvalue weighted by molar-refractivity contribution is 9.10. The van der Waals surface area contributed by atoms with Crippen LogP contribution in [-0.2, 0) is 17.8 Å². The molecule has 1 amide bonds. The molecule has 0 bridgehead atoms. The molecular formula is C16H19BrN4O3. The third-order valence-electron chi connectivity index (χ3n) is 3.75. The van der Waals surface area contributed by atoms with Crippen LogP contribution in [0.5, 0.6) is 0 Å². The molecule has 0 aliphatic carbocycles. The summed E-state index contributed by atoms with van der Waals surface area (Å²) in [5.74, 6) is 0.473. The van der Waals surface area contributed by atoms with Crippen molar-refractivity contribution in [3.05, 3.63) is 34.3 Å². The molecule has 3 rings (SSSR count). The number of ether oxygens (including phenoxy) is 1. The Morgan fingerprint density at radius 3 is 2.92 bits per heavy atom. The van der Waals surface area contributed by atoms with E-state index >= 15 is 0 Å². The number of nitrogens with one attached hydrogen (secondary N) is 1. The van der Waals surface area contributed by atoms with Gasteiger partial charge in [0.25, 0.3) is 5.91 Å². The summed E-state index contributed by atoms with van der Waals surface area (Å²) in [7, 11) is 1.63. The van der Waals surface area contributed by atoms with Gasteiger partial charge in [-0.05, 0) is 29.8 Å². The molecule has 3 heterocycles. The number of rotatable bonds is 6. The van der Waals surface area contributed by atoms with E-state index in [0.29, 0.717) is 41.5 Å². The first-order valence-electron chi connectivity index (χ1n) is 7.66. The van der Waals surface area contributed by atoms with Crippen LogP contribution in [0.3, 0.4) is 0 Å². The van der Waals surface area contributed by atoms with E-state index in [2.05, 4.69) is 26.3 Å². The van der Waals surface area contributed by atoms with Crippen LogP contribution in [0.2, 0.25) is 0 Å². The van der Waals surface area contributed by atoms with E-state index in [0.717, 1.165) is 11.2 Å². The second-order valence-electron chi connectivity index (χ2n) is 5.41. The van der Waals surface area contributed by atoms with Crippen molar-refractivity contribution in [3.63, 3.8) is 0 Å². The lowest BCUT2D eigenvalue weighted by atomic mass is 10.3. The van der Waals surface area contributed by atoms with Crippen molar-refractivity contribution in [3.8, 4) is 0 Å². The number of fused-ring (bicyclic) bond motifs is 1. The maximum atomic E-state index is 12.8. The lowest BCUT2D eigenvalue weighted by Crippen LogP contribution is -2.20. The topological polar surface area (TPSA) is 74.2 Å². The molecular weight excluding hydrogens is 376 g/mol. The summed E-state index contributed by atoms with van der Waals surface area (Å²) in [6, 6.07) is 5.44. The van der Waals surface area contributed by atoms with Gasteiger partial charge in [-0.3, -0.25) is 4.79 Å². The molecule has 0 spiro atoms. The molecule has 0 radical (unpaired) electrons. The molecule has 3 aromatic rings. The van der Waals surface area contributed by atoms with Crippen LogP contribution in [0, 0.1) is 6.92 Å². The van der Waals surface area contributed by atoms with E-state index in [1.807, 2.05) is 30.5 Å². The molecule has 24 heavy (non-hydrogen) atoms. The minimum Gasteiger partial charge on any atom is -0.448 e. The normalized spacial score (nSPS) is 11.3. The Bertz CT molecular complexity index is 878. The molecule has 8 heteroatoms. The van der Waals surface area contributed by atoms with Gasteiger partial charge in [0.1, 0.15) is 11.5 Å². The molecule has 1 N–H and O–H groups in total. The highest BCUT2D eigenvalue weighted by Gasteiger charge is 2.20. The minimum absolute atomic E-state index is 0.205. The Balaban J connectivity index is 1.94. The number of amides is 1. The predicted octanol–water partition coefficient (Wildman–Crippen LogP) is 3.42. The van der Waals surface area contributed by atoms with Gasteiger partial charge in [0, 0.05) is 38.4 Å². The fourth-order valence-corrected chi connectivity index (χ4v) is 3.08. The second kappa shape index (κ2) is 6.82. The van der Waals surface area contributed by atoms with Crippen LogP contribution < -0.4 is 5.32 Å². The summed E-state index contributed by atoms with van der Waals surface area (Å²) in [6.45, 7) is 5.62. The molecule has 0 aliphatic heterocycles. The first-order chi connectivity index (χ1) is 11.5. The van der Waals surface area contributed by atoms with Gasteiger partial charge in [0.05, 0.1) is 17.8 Å². The number of nitrogens with zero attached hydrogens (tertiary/aromatic N) is 3. The summed E-state index contributed by atoms with van der Waals surface area (Å²) in [6.07, 6.45) is 0. The standard InChI is InChI=1S/C16H19BrN4O3/c1-4-21-15(7-10(2)19-21)18-16(22)12-8-13-11(9-14(17)24-13)20(12)5-6-23-3/h7-9H,4-6H2,1-3H3,(H,18,22). The molecule has 0 aromatic carbocycles. The Labute approximate surface area is 147 Å². The van der Waals surface area contributed by atoms with Crippen molar-refractivity contribution >= 4 is 38.8 Å². The van der Waals surface area contributed by atoms with Crippen molar-refractivity contribution in [2.75, 3.05) is 19.0 Å². The second-order valence-corrected chi connectivity index (χ2v) is 6.20.